The molecule has 0 radical (unpaired) electrons. The maximum atomic E-state index is 12.5. The second kappa shape index (κ2) is 6.03. The van der Waals surface area contributed by atoms with E-state index in [1.165, 1.54) is 0 Å². The molecule has 1 heterocycles. The van der Waals surface area contributed by atoms with E-state index in [0.717, 1.165) is 5.56 Å². The van der Waals surface area contributed by atoms with Gasteiger partial charge in [-0.3, -0.25) is 9.59 Å². The molecule has 3 aromatic rings. The molecule has 2 aromatic carbocycles. The summed E-state index contributed by atoms with van der Waals surface area (Å²) in [5, 5.41) is -0.529. The highest BCUT2D eigenvalue weighted by molar-refractivity contribution is 6.67. The zero-order valence-corrected chi connectivity index (χ0v) is 12.2. The summed E-state index contributed by atoms with van der Waals surface area (Å²) in [6, 6.07) is 15.9. The lowest BCUT2D eigenvalue weighted by Gasteiger charge is -2.09. The van der Waals surface area contributed by atoms with Crippen molar-refractivity contribution in [3.63, 3.8) is 0 Å². The molecule has 0 saturated carbocycles. The van der Waals surface area contributed by atoms with E-state index in [2.05, 4.69) is 0 Å². The van der Waals surface area contributed by atoms with Crippen LogP contribution in [-0.4, -0.2) is 5.24 Å². The third kappa shape index (κ3) is 2.73. The van der Waals surface area contributed by atoms with E-state index in [9.17, 15) is 9.59 Å². The minimum Gasteiger partial charge on any atom is -0.481 e. The fraction of sp³-hybridized carbons (Fsp3) is 0.0588. The van der Waals surface area contributed by atoms with E-state index < -0.39 is 10.7 Å². The Morgan fingerprint density at radius 2 is 1.73 bits per heavy atom. The van der Waals surface area contributed by atoms with Crippen LogP contribution < -0.4 is 10.2 Å². The number of ether oxygens (including phenoxy) is 1. The summed E-state index contributed by atoms with van der Waals surface area (Å²) in [6.45, 7) is 0.140. The molecular weight excluding hydrogens is 304 g/mol. The minimum atomic E-state index is -0.870. The average Bonchev–Trinajstić information content (AvgIpc) is 2.54. The zero-order chi connectivity index (χ0) is 15.5. The number of rotatable bonds is 4. The van der Waals surface area contributed by atoms with Gasteiger partial charge in [-0.05, 0) is 29.3 Å². The standard InChI is InChI=1S/C17H11ClO4/c18-17(20)16-15(21-10-11-6-2-1-3-7-11)14(19)12-8-4-5-9-13(12)22-16/h1-9H,10H2. The van der Waals surface area contributed by atoms with Gasteiger partial charge in [0.05, 0.1) is 5.39 Å². The molecule has 3 rings (SSSR count). The molecule has 22 heavy (non-hydrogen) atoms. The molecule has 1 aromatic heterocycles. The Labute approximate surface area is 130 Å². The molecule has 0 aliphatic carbocycles. The Bertz CT molecular complexity index is 884. The third-order valence-electron chi connectivity index (χ3n) is 3.16. The van der Waals surface area contributed by atoms with Gasteiger partial charge in [-0.2, -0.15) is 0 Å². The van der Waals surface area contributed by atoms with Crippen LogP contribution in [-0.2, 0) is 6.61 Å². The average molecular weight is 315 g/mol. The van der Waals surface area contributed by atoms with Crippen molar-refractivity contribution in [1.82, 2.24) is 0 Å². The number of hydrogen-bond donors (Lipinski definition) is 0. The topological polar surface area (TPSA) is 56.5 Å². The van der Waals surface area contributed by atoms with Crippen molar-refractivity contribution in [2.24, 2.45) is 0 Å². The van der Waals surface area contributed by atoms with E-state index in [-0.39, 0.29) is 18.1 Å². The molecule has 0 atom stereocenters. The summed E-state index contributed by atoms with van der Waals surface area (Å²) in [5.74, 6) is -0.441. The number of para-hydroxylation sites is 1. The van der Waals surface area contributed by atoms with Gasteiger partial charge in [0.1, 0.15) is 12.2 Å². The molecule has 0 N–H and O–H groups in total. The second-order valence-corrected chi connectivity index (χ2v) is 4.98. The summed E-state index contributed by atoms with van der Waals surface area (Å²) in [6.07, 6.45) is 0. The number of benzene rings is 2. The van der Waals surface area contributed by atoms with Crippen LogP contribution in [0, 0.1) is 0 Å². The van der Waals surface area contributed by atoms with Crippen molar-refractivity contribution in [3.05, 3.63) is 76.1 Å². The van der Waals surface area contributed by atoms with E-state index in [1.54, 1.807) is 24.3 Å². The highest BCUT2D eigenvalue weighted by Gasteiger charge is 2.20. The molecule has 0 amide bonds. The van der Waals surface area contributed by atoms with Crippen LogP contribution in [0.2, 0.25) is 0 Å². The molecule has 0 spiro atoms. The molecular formula is C17H11ClO4. The molecule has 0 unspecified atom stereocenters. The van der Waals surface area contributed by atoms with Crippen molar-refractivity contribution in [2.45, 2.75) is 6.61 Å². The highest BCUT2D eigenvalue weighted by atomic mass is 35.5. The number of fused-ring (bicyclic) bond motifs is 1. The summed E-state index contributed by atoms with van der Waals surface area (Å²) >= 11 is 5.51. The van der Waals surface area contributed by atoms with Crippen LogP contribution in [0.1, 0.15) is 16.1 Å². The largest absolute Gasteiger partial charge is 0.481 e. The number of hydrogen-bond acceptors (Lipinski definition) is 4. The van der Waals surface area contributed by atoms with Crippen LogP contribution in [0.3, 0.4) is 0 Å². The second-order valence-electron chi connectivity index (χ2n) is 4.63. The van der Waals surface area contributed by atoms with E-state index in [0.29, 0.717) is 11.0 Å². The van der Waals surface area contributed by atoms with Crippen molar-refractivity contribution in [3.8, 4) is 5.75 Å². The number of carbonyl (C=O) groups is 1. The fourth-order valence-electron chi connectivity index (χ4n) is 2.12. The lowest BCUT2D eigenvalue weighted by molar-refractivity contribution is 0.105. The summed E-state index contributed by atoms with van der Waals surface area (Å²) < 4.78 is 10.9. The van der Waals surface area contributed by atoms with Gasteiger partial charge in [-0.15, -0.1) is 0 Å². The summed E-state index contributed by atoms with van der Waals surface area (Å²) in [5.41, 5.74) is 0.744. The quantitative estimate of drug-likeness (QED) is 0.688. The first-order chi connectivity index (χ1) is 10.7. The smallest absolute Gasteiger partial charge is 0.291 e. The first kappa shape index (κ1) is 14.4. The minimum absolute atomic E-state index is 0.140. The van der Waals surface area contributed by atoms with Gasteiger partial charge in [0.25, 0.3) is 5.24 Å². The maximum absolute atomic E-state index is 12.5. The molecule has 0 aliphatic rings. The van der Waals surface area contributed by atoms with Gasteiger partial charge in [0.2, 0.25) is 16.9 Å². The Balaban J connectivity index is 2.07. The van der Waals surface area contributed by atoms with Gasteiger partial charge in [-0.25, -0.2) is 0 Å². The van der Waals surface area contributed by atoms with Crippen LogP contribution in [0.15, 0.2) is 63.8 Å². The SMILES string of the molecule is O=C(Cl)c1oc2ccccc2c(=O)c1OCc1ccccc1. The monoisotopic (exact) mass is 314 g/mol. The Morgan fingerprint density at radius 3 is 2.45 bits per heavy atom. The summed E-state index contributed by atoms with van der Waals surface area (Å²) in [4.78, 5) is 24.0. The first-order valence-electron chi connectivity index (χ1n) is 6.59. The normalized spacial score (nSPS) is 10.6. The van der Waals surface area contributed by atoms with Gasteiger partial charge < -0.3 is 9.15 Å². The van der Waals surface area contributed by atoms with Crippen molar-refractivity contribution >= 4 is 27.8 Å². The van der Waals surface area contributed by atoms with Crippen molar-refractivity contribution in [1.29, 1.82) is 0 Å². The van der Waals surface area contributed by atoms with Crippen LogP contribution in [0.5, 0.6) is 5.75 Å². The molecule has 110 valence electrons. The molecule has 5 heteroatoms. The number of carbonyl (C=O) groups excluding carboxylic acids is 1. The van der Waals surface area contributed by atoms with Gasteiger partial charge in [0.15, 0.2) is 0 Å². The van der Waals surface area contributed by atoms with Crippen molar-refractivity contribution < 1.29 is 13.9 Å². The molecule has 0 aliphatic heterocycles. The summed E-state index contributed by atoms with van der Waals surface area (Å²) in [7, 11) is 0. The van der Waals surface area contributed by atoms with E-state index >= 15 is 0 Å². The van der Waals surface area contributed by atoms with Crippen LogP contribution in [0.4, 0.5) is 0 Å². The molecule has 4 nitrogen and oxygen atoms in total. The zero-order valence-electron chi connectivity index (χ0n) is 11.4. The van der Waals surface area contributed by atoms with E-state index in [1.807, 2.05) is 30.3 Å². The van der Waals surface area contributed by atoms with Gasteiger partial charge in [0, 0.05) is 0 Å². The van der Waals surface area contributed by atoms with Crippen LogP contribution >= 0.6 is 11.6 Å². The van der Waals surface area contributed by atoms with Crippen molar-refractivity contribution in [2.75, 3.05) is 0 Å². The van der Waals surface area contributed by atoms with E-state index in [4.69, 9.17) is 20.8 Å². The number of halogens is 1. The Hall–Kier alpha value is -2.59. The Morgan fingerprint density at radius 1 is 1.05 bits per heavy atom. The first-order valence-corrected chi connectivity index (χ1v) is 6.97. The Kier molecular flexibility index (Phi) is 3.94. The van der Waals surface area contributed by atoms with Crippen LogP contribution in [0.25, 0.3) is 11.0 Å². The molecule has 0 fully saturated rings. The predicted molar refractivity (Wildman–Crippen MR) is 83.4 cm³/mol. The van der Waals surface area contributed by atoms with Gasteiger partial charge in [-0.1, -0.05) is 42.5 Å². The molecule has 0 saturated heterocycles. The maximum Gasteiger partial charge on any atom is 0.291 e. The third-order valence-corrected chi connectivity index (χ3v) is 3.33. The predicted octanol–water partition coefficient (Wildman–Crippen LogP) is 3.75. The fourth-order valence-corrected chi connectivity index (χ4v) is 2.24. The van der Waals surface area contributed by atoms with Gasteiger partial charge >= 0.3 is 0 Å². The lowest BCUT2D eigenvalue weighted by atomic mass is 10.2. The lowest BCUT2D eigenvalue weighted by Crippen LogP contribution is -2.12. The molecule has 0 bridgehead atoms. The highest BCUT2D eigenvalue weighted by Crippen LogP contribution is 2.23.